The van der Waals surface area contributed by atoms with Crippen molar-refractivity contribution in [1.29, 1.82) is 0 Å². The van der Waals surface area contributed by atoms with E-state index < -0.39 is 17.5 Å². The molecule has 2 N–H and O–H groups in total. The van der Waals surface area contributed by atoms with Gasteiger partial charge in [0.05, 0.1) is 28.6 Å². The molecule has 3 rings (SSSR count). The standard InChI is InChI=1S/C24H33ClFN3O4/c1-4-19-21-20(7-5-11-32-12-6-10-27-22(21)30)29(28-19)14-24(2,3)15-33-23(31)17-9-8-16(26)13-18(17)25/h8-9,13,23,31H,4-7,10-12,14-15H2,1-3H3,(H,27,30). The molecule has 0 saturated carbocycles. The first-order valence-corrected chi connectivity index (χ1v) is 11.8. The molecule has 9 heteroatoms. The van der Waals surface area contributed by atoms with Crippen molar-refractivity contribution in [2.45, 2.75) is 59.3 Å². The van der Waals surface area contributed by atoms with E-state index in [1.54, 1.807) is 0 Å². The first kappa shape index (κ1) is 25.6. The lowest BCUT2D eigenvalue weighted by Crippen LogP contribution is -2.29. The number of fused-ring (bicyclic) bond motifs is 1. The highest BCUT2D eigenvalue weighted by atomic mass is 35.5. The summed E-state index contributed by atoms with van der Waals surface area (Å²) < 4.78 is 26.5. The predicted octanol–water partition coefficient (Wildman–Crippen LogP) is 4.05. The van der Waals surface area contributed by atoms with Crippen LogP contribution in [0.3, 0.4) is 0 Å². The van der Waals surface area contributed by atoms with Crippen molar-refractivity contribution < 1.29 is 23.8 Å². The van der Waals surface area contributed by atoms with Crippen molar-refractivity contribution in [1.82, 2.24) is 15.1 Å². The zero-order chi connectivity index (χ0) is 24.0. The predicted molar refractivity (Wildman–Crippen MR) is 124 cm³/mol. The van der Waals surface area contributed by atoms with Crippen LogP contribution in [0.2, 0.25) is 5.02 Å². The molecule has 0 radical (unpaired) electrons. The number of nitrogens with one attached hydrogen (secondary N) is 1. The fraction of sp³-hybridized carbons (Fsp3) is 0.583. The zero-order valence-corrected chi connectivity index (χ0v) is 20.3. The number of rotatable bonds is 7. The monoisotopic (exact) mass is 481 g/mol. The number of aryl methyl sites for hydroxylation is 1. The van der Waals surface area contributed by atoms with Gasteiger partial charge in [0, 0.05) is 37.3 Å². The normalized spacial score (nSPS) is 16.6. The Kier molecular flexibility index (Phi) is 8.87. The molecule has 1 aliphatic heterocycles. The average Bonchev–Trinajstić information content (AvgIpc) is 3.08. The topological polar surface area (TPSA) is 85.6 Å². The van der Waals surface area contributed by atoms with Crippen molar-refractivity contribution in [2.24, 2.45) is 5.41 Å². The van der Waals surface area contributed by atoms with E-state index in [-0.39, 0.29) is 17.5 Å². The molecule has 0 spiro atoms. The van der Waals surface area contributed by atoms with Crippen LogP contribution >= 0.6 is 11.6 Å². The van der Waals surface area contributed by atoms with Crippen LogP contribution in [0.5, 0.6) is 0 Å². The van der Waals surface area contributed by atoms with Crippen LogP contribution in [0.25, 0.3) is 0 Å². The van der Waals surface area contributed by atoms with Crippen LogP contribution in [0, 0.1) is 11.2 Å². The van der Waals surface area contributed by atoms with Gasteiger partial charge in [-0.2, -0.15) is 5.10 Å². The summed E-state index contributed by atoms with van der Waals surface area (Å²) in [5, 5.41) is 18.3. The van der Waals surface area contributed by atoms with Gasteiger partial charge in [0.2, 0.25) is 0 Å². The highest BCUT2D eigenvalue weighted by molar-refractivity contribution is 6.31. The molecule has 182 valence electrons. The Bertz CT molecular complexity index is 963. The fourth-order valence-electron chi connectivity index (χ4n) is 3.90. The van der Waals surface area contributed by atoms with Gasteiger partial charge in [-0.05, 0) is 43.9 Å². The number of aliphatic hydroxyl groups excluding tert-OH is 1. The van der Waals surface area contributed by atoms with Gasteiger partial charge in [0.25, 0.3) is 5.91 Å². The maximum Gasteiger partial charge on any atom is 0.255 e. The lowest BCUT2D eigenvalue weighted by molar-refractivity contribution is -0.127. The number of amides is 1. The maximum atomic E-state index is 13.3. The van der Waals surface area contributed by atoms with Crippen LogP contribution in [0.1, 0.15) is 67.2 Å². The summed E-state index contributed by atoms with van der Waals surface area (Å²) in [5.74, 6) is -0.569. The summed E-state index contributed by atoms with van der Waals surface area (Å²) in [6, 6.07) is 3.78. The Morgan fingerprint density at radius 1 is 1.36 bits per heavy atom. The smallest absolute Gasteiger partial charge is 0.255 e. The minimum absolute atomic E-state index is 0.0922. The van der Waals surface area contributed by atoms with E-state index in [4.69, 9.17) is 26.2 Å². The molecule has 1 aromatic carbocycles. The Labute approximate surface area is 199 Å². The van der Waals surface area contributed by atoms with Gasteiger partial charge in [0.1, 0.15) is 5.82 Å². The Balaban J connectivity index is 1.77. The van der Waals surface area contributed by atoms with Gasteiger partial charge in [-0.25, -0.2) is 4.39 Å². The highest BCUT2D eigenvalue weighted by Gasteiger charge is 2.28. The first-order chi connectivity index (χ1) is 15.7. The van der Waals surface area contributed by atoms with Crippen molar-refractivity contribution >= 4 is 17.5 Å². The molecule has 1 unspecified atom stereocenters. The zero-order valence-electron chi connectivity index (χ0n) is 19.5. The molecule has 0 aliphatic carbocycles. The summed E-state index contributed by atoms with van der Waals surface area (Å²) in [5.41, 5.74) is 2.22. The second kappa shape index (κ2) is 11.4. The van der Waals surface area contributed by atoms with E-state index in [0.29, 0.717) is 50.3 Å². The largest absolute Gasteiger partial charge is 0.381 e. The molecule has 0 fully saturated rings. The highest BCUT2D eigenvalue weighted by Crippen LogP contribution is 2.29. The van der Waals surface area contributed by atoms with E-state index in [9.17, 15) is 14.3 Å². The number of carbonyl (C=O) groups excluding carboxylic acids is 1. The van der Waals surface area contributed by atoms with Crippen molar-refractivity contribution in [3.05, 3.63) is 51.6 Å². The number of benzene rings is 1. The molecular weight excluding hydrogens is 449 g/mol. The van der Waals surface area contributed by atoms with Gasteiger partial charge >= 0.3 is 0 Å². The molecule has 1 amide bonds. The Morgan fingerprint density at radius 3 is 2.85 bits per heavy atom. The molecule has 1 atom stereocenters. The Hall–Kier alpha value is -2.00. The summed E-state index contributed by atoms with van der Waals surface area (Å²) in [4.78, 5) is 12.9. The molecule has 7 nitrogen and oxygen atoms in total. The van der Waals surface area contributed by atoms with Crippen LogP contribution in [0.4, 0.5) is 4.39 Å². The number of halogens is 2. The van der Waals surface area contributed by atoms with Gasteiger partial charge in [0.15, 0.2) is 6.29 Å². The third kappa shape index (κ3) is 6.76. The summed E-state index contributed by atoms with van der Waals surface area (Å²) in [6.45, 7) is 8.52. The molecule has 2 heterocycles. The molecule has 1 aliphatic rings. The van der Waals surface area contributed by atoms with Gasteiger partial charge < -0.3 is 19.9 Å². The minimum Gasteiger partial charge on any atom is -0.381 e. The maximum absolute atomic E-state index is 13.3. The number of ether oxygens (including phenoxy) is 2. The van der Waals surface area contributed by atoms with Crippen LogP contribution in [-0.4, -0.2) is 47.2 Å². The summed E-state index contributed by atoms with van der Waals surface area (Å²) >= 11 is 6.04. The van der Waals surface area contributed by atoms with Crippen molar-refractivity contribution in [3.8, 4) is 0 Å². The van der Waals surface area contributed by atoms with Gasteiger partial charge in [-0.3, -0.25) is 9.48 Å². The summed E-state index contributed by atoms with van der Waals surface area (Å²) in [6.07, 6.45) is 1.63. The quantitative estimate of drug-likeness (QED) is 0.582. The molecular formula is C24H33ClFN3O4. The number of nitrogens with zero attached hydrogens (tertiary/aromatic N) is 2. The number of hydrogen-bond donors (Lipinski definition) is 2. The van der Waals surface area contributed by atoms with Gasteiger partial charge in [-0.15, -0.1) is 0 Å². The fourth-order valence-corrected chi connectivity index (χ4v) is 4.16. The molecule has 33 heavy (non-hydrogen) atoms. The third-order valence-corrected chi connectivity index (χ3v) is 5.91. The summed E-state index contributed by atoms with van der Waals surface area (Å²) in [7, 11) is 0. The average molecular weight is 482 g/mol. The molecule has 0 saturated heterocycles. The van der Waals surface area contributed by atoms with E-state index >= 15 is 0 Å². The van der Waals surface area contributed by atoms with Crippen LogP contribution in [-0.2, 0) is 28.9 Å². The number of aliphatic hydroxyl groups is 1. The lowest BCUT2D eigenvalue weighted by atomic mass is 9.94. The molecule has 2 aromatic rings. The number of aromatic nitrogens is 2. The Morgan fingerprint density at radius 2 is 2.12 bits per heavy atom. The van der Waals surface area contributed by atoms with E-state index in [0.717, 1.165) is 30.3 Å². The minimum atomic E-state index is -1.28. The number of carbonyl (C=O) groups is 1. The van der Waals surface area contributed by atoms with E-state index in [1.807, 2.05) is 25.5 Å². The van der Waals surface area contributed by atoms with Crippen LogP contribution in [0.15, 0.2) is 18.2 Å². The SMILES string of the molecule is CCc1nn(CC(C)(C)COC(O)c2ccc(F)cc2Cl)c2c1C(=O)NCCCOCCC2. The second-order valence-corrected chi connectivity index (χ2v) is 9.51. The van der Waals surface area contributed by atoms with Crippen LogP contribution < -0.4 is 5.32 Å². The number of hydrogen-bond acceptors (Lipinski definition) is 5. The lowest BCUT2D eigenvalue weighted by Gasteiger charge is -2.27. The van der Waals surface area contributed by atoms with Gasteiger partial charge in [-0.1, -0.05) is 32.4 Å². The molecule has 0 bridgehead atoms. The first-order valence-electron chi connectivity index (χ1n) is 11.4. The molecule has 1 aromatic heterocycles. The van der Waals surface area contributed by atoms with E-state index in [2.05, 4.69) is 5.32 Å². The van der Waals surface area contributed by atoms with Crippen molar-refractivity contribution in [3.63, 3.8) is 0 Å². The third-order valence-electron chi connectivity index (χ3n) is 5.58. The second-order valence-electron chi connectivity index (χ2n) is 9.10. The van der Waals surface area contributed by atoms with Crippen molar-refractivity contribution in [2.75, 3.05) is 26.4 Å². The van der Waals surface area contributed by atoms with E-state index in [1.165, 1.54) is 12.1 Å².